The molecule has 1 aromatic rings. The van der Waals surface area contributed by atoms with Gasteiger partial charge in [0, 0.05) is 12.6 Å². The maximum Gasteiger partial charge on any atom is 0.243 e. The molecule has 0 fully saturated rings. The van der Waals surface area contributed by atoms with Gasteiger partial charge in [-0.15, -0.1) is 0 Å². The average Bonchev–Trinajstić information content (AvgIpc) is 2.42. The molecule has 0 aliphatic heterocycles. The van der Waals surface area contributed by atoms with Gasteiger partial charge in [-0.3, -0.25) is 0 Å². The summed E-state index contributed by atoms with van der Waals surface area (Å²) in [5.74, 6) is 0.683. The summed E-state index contributed by atoms with van der Waals surface area (Å²) in [6.07, 6.45) is 4.37. The third-order valence-corrected chi connectivity index (χ3v) is 4.47. The second kappa shape index (κ2) is 7.54. The van der Waals surface area contributed by atoms with Crippen LogP contribution in [0.3, 0.4) is 0 Å². The summed E-state index contributed by atoms with van der Waals surface area (Å²) < 4.78 is 27.1. The van der Waals surface area contributed by atoms with E-state index in [-0.39, 0.29) is 16.9 Å². The highest BCUT2D eigenvalue weighted by atomic mass is 32.2. The predicted octanol–water partition coefficient (Wildman–Crippen LogP) is 2.01. The van der Waals surface area contributed by atoms with Crippen molar-refractivity contribution in [1.29, 1.82) is 0 Å². The van der Waals surface area contributed by atoms with Gasteiger partial charge in [0.1, 0.15) is 4.90 Å². The zero-order valence-corrected chi connectivity index (χ0v) is 13.4. The minimum absolute atomic E-state index is 0.0853. The number of rotatable bonds is 8. The number of anilines is 1. The van der Waals surface area contributed by atoms with Crippen molar-refractivity contribution in [2.75, 3.05) is 11.9 Å². The molecule has 6 nitrogen and oxygen atoms in total. The molecule has 0 bridgehead atoms. The van der Waals surface area contributed by atoms with Gasteiger partial charge >= 0.3 is 0 Å². The van der Waals surface area contributed by atoms with Gasteiger partial charge in [0.05, 0.1) is 12.4 Å². The molecule has 2 N–H and O–H groups in total. The van der Waals surface area contributed by atoms with E-state index in [0.29, 0.717) is 5.95 Å². The molecule has 7 heteroatoms. The van der Waals surface area contributed by atoms with E-state index in [0.717, 1.165) is 19.4 Å². The number of nitrogens with one attached hydrogen (secondary N) is 2. The molecule has 1 unspecified atom stereocenters. The maximum absolute atomic E-state index is 12.2. The molecule has 0 aliphatic rings. The molecule has 0 amide bonds. The van der Waals surface area contributed by atoms with Crippen molar-refractivity contribution in [2.45, 2.75) is 51.5 Å². The van der Waals surface area contributed by atoms with Crippen LogP contribution in [0.15, 0.2) is 17.3 Å². The molecule has 0 saturated heterocycles. The molecule has 20 heavy (non-hydrogen) atoms. The Labute approximate surface area is 121 Å². The van der Waals surface area contributed by atoms with Crippen LogP contribution in [-0.2, 0) is 10.0 Å². The van der Waals surface area contributed by atoms with Gasteiger partial charge in [0.2, 0.25) is 16.0 Å². The molecule has 0 aromatic carbocycles. The first-order valence-corrected chi connectivity index (χ1v) is 8.47. The number of nitrogens with zero attached hydrogens (tertiary/aromatic N) is 2. The largest absolute Gasteiger partial charge is 0.354 e. The Hall–Kier alpha value is -1.21. The Kier molecular flexibility index (Phi) is 6.35. The number of hydrogen-bond donors (Lipinski definition) is 2. The average molecular weight is 300 g/mol. The Morgan fingerprint density at radius 2 is 1.80 bits per heavy atom. The van der Waals surface area contributed by atoms with Crippen LogP contribution in [0.1, 0.15) is 40.5 Å². The van der Waals surface area contributed by atoms with Gasteiger partial charge in [-0.25, -0.2) is 23.1 Å². The molecule has 0 radical (unpaired) electrons. The van der Waals surface area contributed by atoms with Crippen LogP contribution in [0.5, 0.6) is 0 Å². The standard InChI is InChI=1S/C13H24N4O2S/c1-5-7-14-13-15-8-11(9-16-13)20(18,19)17-12(6-2)10(3)4/h8-10,12,17H,5-7H2,1-4H3,(H,14,15,16). The summed E-state index contributed by atoms with van der Waals surface area (Å²) in [6, 6.07) is -0.0853. The molecular weight excluding hydrogens is 276 g/mol. The second-order valence-corrected chi connectivity index (χ2v) is 6.76. The molecular formula is C13H24N4O2S. The zero-order valence-electron chi connectivity index (χ0n) is 12.5. The summed E-state index contributed by atoms with van der Waals surface area (Å²) in [6.45, 7) is 8.74. The van der Waals surface area contributed by atoms with Gasteiger partial charge in [0.15, 0.2) is 0 Å². The molecule has 1 atom stereocenters. The molecule has 1 rings (SSSR count). The lowest BCUT2D eigenvalue weighted by molar-refractivity contribution is 0.437. The predicted molar refractivity (Wildman–Crippen MR) is 80.1 cm³/mol. The van der Waals surface area contributed by atoms with E-state index in [1.807, 2.05) is 27.7 Å². The van der Waals surface area contributed by atoms with E-state index >= 15 is 0 Å². The van der Waals surface area contributed by atoms with Crippen molar-refractivity contribution in [3.63, 3.8) is 0 Å². The summed E-state index contributed by atoms with van der Waals surface area (Å²) >= 11 is 0. The topological polar surface area (TPSA) is 84.0 Å². The van der Waals surface area contributed by atoms with Crippen LogP contribution in [0.4, 0.5) is 5.95 Å². The smallest absolute Gasteiger partial charge is 0.243 e. The summed E-state index contributed by atoms with van der Waals surface area (Å²) in [5.41, 5.74) is 0. The normalized spacial score (nSPS) is 13.4. The fourth-order valence-electron chi connectivity index (χ4n) is 1.74. The fraction of sp³-hybridized carbons (Fsp3) is 0.692. The van der Waals surface area contributed by atoms with Crippen molar-refractivity contribution in [3.8, 4) is 0 Å². The lowest BCUT2D eigenvalue weighted by Gasteiger charge is -2.20. The van der Waals surface area contributed by atoms with E-state index in [4.69, 9.17) is 0 Å². The maximum atomic E-state index is 12.2. The fourth-order valence-corrected chi connectivity index (χ4v) is 3.10. The monoisotopic (exact) mass is 300 g/mol. The molecule has 0 aliphatic carbocycles. The van der Waals surface area contributed by atoms with E-state index in [2.05, 4.69) is 20.0 Å². The van der Waals surface area contributed by atoms with Gasteiger partial charge in [-0.1, -0.05) is 27.7 Å². The molecule has 1 aromatic heterocycles. The lowest BCUT2D eigenvalue weighted by Crippen LogP contribution is -2.38. The van der Waals surface area contributed by atoms with Gasteiger partial charge < -0.3 is 5.32 Å². The Balaban J connectivity index is 2.82. The summed E-state index contributed by atoms with van der Waals surface area (Å²) in [7, 11) is -3.56. The van der Waals surface area contributed by atoms with Crippen LogP contribution in [0.2, 0.25) is 0 Å². The number of hydrogen-bond acceptors (Lipinski definition) is 5. The Morgan fingerprint density at radius 3 is 2.25 bits per heavy atom. The lowest BCUT2D eigenvalue weighted by atomic mass is 10.0. The molecule has 114 valence electrons. The molecule has 0 spiro atoms. The second-order valence-electron chi connectivity index (χ2n) is 5.05. The van der Waals surface area contributed by atoms with Crippen LogP contribution in [0.25, 0.3) is 0 Å². The highest BCUT2D eigenvalue weighted by molar-refractivity contribution is 7.89. The van der Waals surface area contributed by atoms with E-state index < -0.39 is 10.0 Å². The number of sulfonamides is 1. The highest BCUT2D eigenvalue weighted by Gasteiger charge is 2.21. The Morgan fingerprint density at radius 1 is 1.20 bits per heavy atom. The van der Waals surface area contributed by atoms with Gasteiger partial charge in [0.25, 0.3) is 0 Å². The summed E-state index contributed by atoms with van der Waals surface area (Å²) in [4.78, 5) is 8.13. The highest BCUT2D eigenvalue weighted by Crippen LogP contribution is 2.12. The number of aromatic nitrogens is 2. The Bertz CT molecular complexity index is 500. The first-order valence-electron chi connectivity index (χ1n) is 6.99. The first-order chi connectivity index (χ1) is 9.40. The van der Waals surface area contributed by atoms with Crippen molar-refractivity contribution >= 4 is 16.0 Å². The minimum atomic E-state index is -3.56. The van der Waals surface area contributed by atoms with Crippen molar-refractivity contribution in [3.05, 3.63) is 12.4 Å². The van der Waals surface area contributed by atoms with E-state index in [9.17, 15) is 8.42 Å². The first kappa shape index (κ1) is 16.8. The van der Waals surface area contributed by atoms with Gasteiger partial charge in [-0.2, -0.15) is 0 Å². The van der Waals surface area contributed by atoms with Gasteiger partial charge in [-0.05, 0) is 18.8 Å². The zero-order chi connectivity index (χ0) is 15.2. The third-order valence-electron chi connectivity index (χ3n) is 3.02. The van der Waals surface area contributed by atoms with E-state index in [1.165, 1.54) is 12.4 Å². The van der Waals surface area contributed by atoms with Crippen molar-refractivity contribution in [2.24, 2.45) is 5.92 Å². The van der Waals surface area contributed by atoms with Crippen LogP contribution in [0, 0.1) is 5.92 Å². The third kappa shape index (κ3) is 4.72. The van der Waals surface area contributed by atoms with Crippen molar-refractivity contribution < 1.29 is 8.42 Å². The van der Waals surface area contributed by atoms with Crippen molar-refractivity contribution in [1.82, 2.24) is 14.7 Å². The molecule has 0 saturated carbocycles. The van der Waals surface area contributed by atoms with Crippen LogP contribution in [-0.4, -0.2) is 31.0 Å². The summed E-state index contributed by atoms with van der Waals surface area (Å²) in [5, 5.41) is 3.01. The minimum Gasteiger partial charge on any atom is -0.354 e. The SMILES string of the molecule is CCCNc1ncc(S(=O)(=O)NC(CC)C(C)C)cn1. The molecule has 1 heterocycles. The quantitative estimate of drug-likeness (QED) is 0.767. The van der Waals surface area contributed by atoms with Crippen LogP contribution >= 0.6 is 0 Å². The van der Waals surface area contributed by atoms with Crippen LogP contribution < -0.4 is 10.0 Å². The van der Waals surface area contributed by atoms with E-state index in [1.54, 1.807) is 0 Å².